The van der Waals surface area contributed by atoms with Crippen LogP contribution in [0.5, 0.6) is 17.4 Å². The molecule has 0 bridgehead atoms. The van der Waals surface area contributed by atoms with Gasteiger partial charge in [0, 0.05) is 5.69 Å². The molecule has 0 radical (unpaired) electrons. The standard InChI is InChI=1S/C22H14F3N3O3/c23-22(24,25)31-16-12-10-15(11-13-16)30-21-19(20(29)26-14-6-2-1-3-7-14)27-17-8-4-5-9-18(17)28-21/h1-13H,(H,26,29). The molecule has 156 valence electrons. The molecule has 3 aromatic carbocycles. The number of ether oxygens (including phenoxy) is 2. The molecule has 0 atom stereocenters. The predicted molar refractivity (Wildman–Crippen MR) is 107 cm³/mol. The Morgan fingerprint density at radius 2 is 1.35 bits per heavy atom. The second-order valence-corrected chi connectivity index (χ2v) is 6.31. The average Bonchev–Trinajstić information content (AvgIpc) is 2.74. The third-order valence-electron chi connectivity index (χ3n) is 4.06. The number of aromatic nitrogens is 2. The van der Waals surface area contributed by atoms with E-state index in [1.54, 1.807) is 48.5 Å². The molecule has 0 aliphatic rings. The first kappa shape index (κ1) is 20.1. The molecule has 0 spiro atoms. The molecule has 31 heavy (non-hydrogen) atoms. The molecule has 4 rings (SSSR count). The van der Waals surface area contributed by atoms with Gasteiger partial charge in [-0.25, -0.2) is 9.97 Å². The van der Waals surface area contributed by atoms with Crippen molar-refractivity contribution in [3.05, 3.63) is 84.6 Å². The normalized spacial score (nSPS) is 11.2. The Morgan fingerprint density at radius 3 is 2.00 bits per heavy atom. The Bertz CT molecular complexity index is 1210. The summed E-state index contributed by atoms with van der Waals surface area (Å²) in [5.41, 5.74) is 1.47. The van der Waals surface area contributed by atoms with Gasteiger partial charge in [-0.2, -0.15) is 0 Å². The number of benzene rings is 3. The van der Waals surface area contributed by atoms with E-state index in [0.29, 0.717) is 16.7 Å². The highest BCUT2D eigenvalue weighted by molar-refractivity contribution is 6.05. The summed E-state index contributed by atoms with van der Waals surface area (Å²) in [7, 11) is 0. The Kier molecular flexibility index (Phi) is 5.40. The number of carbonyl (C=O) groups excluding carboxylic acids is 1. The van der Waals surface area contributed by atoms with E-state index in [2.05, 4.69) is 20.0 Å². The Labute approximate surface area is 174 Å². The van der Waals surface area contributed by atoms with E-state index in [-0.39, 0.29) is 17.3 Å². The minimum atomic E-state index is -4.80. The largest absolute Gasteiger partial charge is 0.573 e. The van der Waals surface area contributed by atoms with Gasteiger partial charge in [-0.05, 0) is 48.5 Å². The second kappa shape index (κ2) is 8.31. The van der Waals surface area contributed by atoms with Gasteiger partial charge < -0.3 is 14.8 Å². The molecular weight excluding hydrogens is 411 g/mol. The lowest BCUT2D eigenvalue weighted by Crippen LogP contribution is -2.17. The van der Waals surface area contributed by atoms with Crippen LogP contribution < -0.4 is 14.8 Å². The van der Waals surface area contributed by atoms with Crippen LogP contribution in [0.3, 0.4) is 0 Å². The fraction of sp³-hybridized carbons (Fsp3) is 0.0455. The Balaban J connectivity index is 1.65. The maximum absolute atomic E-state index is 12.8. The number of anilines is 1. The molecule has 0 aliphatic heterocycles. The van der Waals surface area contributed by atoms with Crippen molar-refractivity contribution in [1.29, 1.82) is 0 Å². The third-order valence-corrected chi connectivity index (χ3v) is 4.06. The zero-order chi connectivity index (χ0) is 21.8. The summed E-state index contributed by atoms with van der Waals surface area (Å²) in [6.07, 6.45) is -4.80. The van der Waals surface area contributed by atoms with Crippen molar-refractivity contribution >= 4 is 22.6 Å². The number of amides is 1. The van der Waals surface area contributed by atoms with Crippen LogP contribution >= 0.6 is 0 Å². The number of fused-ring (bicyclic) bond motifs is 1. The lowest BCUT2D eigenvalue weighted by molar-refractivity contribution is -0.274. The Morgan fingerprint density at radius 1 is 0.774 bits per heavy atom. The summed E-state index contributed by atoms with van der Waals surface area (Å²) < 4.78 is 46.6. The SMILES string of the molecule is O=C(Nc1ccccc1)c1nc2ccccc2nc1Oc1ccc(OC(F)(F)F)cc1. The predicted octanol–water partition coefficient (Wildman–Crippen LogP) is 5.57. The van der Waals surface area contributed by atoms with Gasteiger partial charge in [-0.1, -0.05) is 30.3 Å². The van der Waals surface area contributed by atoms with Crippen molar-refractivity contribution in [2.24, 2.45) is 0 Å². The maximum atomic E-state index is 12.8. The molecule has 0 fully saturated rings. The molecule has 6 nitrogen and oxygen atoms in total. The van der Waals surface area contributed by atoms with Gasteiger partial charge in [-0.3, -0.25) is 4.79 Å². The first-order chi connectivity index (χ1) is 14.9. The summed E-state index contributed by atoms with van der Waals surface area (Å²) in [6.45, 7) is 0. The van der Waals surface area contributed by atoms with Crippen LogP contribution in [0.2, 0.25) is 0 Å². The highest BCUT2D eigenvalue weighted by Gasteiger charge is 2.31. The molecule has 4 aromatic rings. The molecule has 1 N–H and O–H groups in total. The van der Waals surface area contributed by atoms with Gasteiger partial charge in [-0.15, -0.1) is 13.2 Å². The van der Waals surface area contributed by atoms with E-state index in [4.69, 9.17) is 4.74 Å². The highest BCUT2D eigenvalue weighted by Crippen LogP contribution is 2.29. The number of nitrogens with one attached hydrogen (secondary N) is 1. The summed E-state index contributed by atoms with van der Waals surface area (Å²) in [5.74, 6) is -0.868. The first-order valence-corrected chi connectivity index (χ1v) is 9.04. The number of rotatable bonds is 5. The molecule has 1 aromatic heterocycles. The number of para-hydroxylation sites is 3. The van der Waals surface area contributed by atoms with E-state index in [0.717, 1.165) is 12.1 Å². The summed E-state index contributed by atoms with van der Waals surface area (Å²) >= 11 is 0. The van der Waals surface area contributed by atoms with Crippen molar-refractivity contribution in [2.45, 2.75) is 6.36 Å². The number of alkyl halides is 3. The van der Waals surface area contributed by atoms with Crippen LogP contribution in [0, 0.1) is 0 Å². The third kappa shape index (κ3) is 5.08. The minimum absolute atomic E-state index is 0.0711. The number of nitrogens with zero attached hydrogens (tertiary/aromatic N) is 2. The smallest absolute Gasteiger partial charge is 0.437 e. The second-order valence-electron chi connectivity index (χ2n) is 6.31. The number of hydrogen-bond donors (Lipinski definition) is 1. The van der Waals surface area contributed by atoms with Crippen molar-refractivity contribution in [3.63, 3.8) is 0 Å². The quantitative estimate of drug-likeness (QED) is 0.452. The van der Waals surface area contributed by atoms with Gasteiger partial charge in [0.05, 0.1) is 11.0 Å². The molecule has 1 heterocycles. The lowest BCUT2D eigenvalue weighted by Gasteiger charge is -2.12. The molecule has 9 heteroatoms. The Hall–Kier alpha value is -4.14. The van der Waals surface area contributed by atoms with Crippen LogP contribution in [0.4, 0.5) is 18.9 Å². The van der Waals surface area contributed by atoms with Gasteiger partial charge in [0.25, 0.3) is 11.8 Å². The zero-order valence-electron chi connectivity index (χ0n) is 15.8. The fourth-order valence-corrected chi connectivity index (χ4v) is 2.74. The maximum Gasteiger partial charge on any atom is 0.573 e. The van der Waals surface area contributed by atoms with Crippen LogP contribution in [0.1, 0.15) is 10.5 Å². The highest BCUT2D eigenvalue weighted by atomic mass is 19.4. The van der Waals surface area contributed by atoms with Crippen LogP contribution in [-0.2, 0) is 0 Å². The van der Waals surface area contributed by atoms with E-state index in [1.165, 1.54) is 12.1 Å². The summed E-state index contributed by atoms with van der Waals surface area (Å²) in [6, 6.07) is 20.4. The van der Waals surface area contributed by atoms with Gasteiger partial charge in [0.1, 0.15) is 11.5 Å². The molecule has 0 aliphatic carbocycles. The number of hydrogen-bond acceptors (Lipinski definition) is 5. The zero-order valence-corrected chi connectivity index (χ0v) is 15.8. The fourth-order valence-electron chi connectivity index (χ4n) is 2.74. The molecule has 0 saturated heterocycles. The van der Waals surface area contributed by atoms with Crippen LogP contribution in [0.15, 0.2) is 78.9 Å². The van der Waals surface area contributed by atoms with Crippen molar-refractivity contribution in [2.75, 3.05) is 5.32 Å². The van der Waals surface area contributed by atoms with Crippen molar-refractivity contribution in [3.8, 4) is 17.4 Å². The summed E-state index contributed by atoms with van der Waals surface area (Å²) in [5, 5.41) is 2.72. The van der Waals surface area contributed by atoms with Crippen LogP contribution in [0.25, 0.3) is 11.0 Å². The average molecular weight is 425 g/mol. The van der Waals surface area contributed by atoms with Crippen LogP contribution in [-0.4, -0.2) is 22.2 Å². The van der Waals surface area contributed by atoms with Gasteiger partial charge >= 0.3 is 6.36 Å². The van der Waals surface area contributed by atoms with Crippen molar-refractivity contribution < 1.29 is 27.4 Å². The van der Waals surface area contributed by atoms with Gasteiger partial charge in [0.15, 0.2) is 5.69 Å². The van der Waals surface area contributed by atoms with E-state index in [1.807, 2.05) is 6.07 Å². The van der Waals surface area contributed by atoms with E-state index < -0.39 is 18.0 Å². The van der Waals surface area contributed by atoms with E-state index >= 15 is 0 Å². The molecule has 0 unspecified atom stereocenters. The minimum Gasteiger partial charge on any atom is -0.437 e. The molecule has 1 amide bonds. The summed E-state index contributed by atoms with van der Waals surface area (Å²) in [4.78, 5) is 21.6. The molecule has 0 saturated carbocycles. The van der Waals surface area contributed by atoms with E-state index in [9.17, 15) is 18.0 Å². The van der Waals surface area contributed by atoms with Crippen molar-refractivity contribution in [1.82, 2.24) is 9.97 Å². The monoisotopic (exact) mass is 425 g/mol. The molecular formula is C22H14F3N3O3. The first-order valence-electron chi connectivity index (χ1n) is 9.04. The van der Waals surface area contributed by atoms with Gasteiger partial charge in [0.2, 0.25) is 0 Å². The number of halogens is 3. The lowest BCUT2D eigenvalue weighted by atomic mass is 10.2. The number of carbonyl (C=O) groups is 1. The topological polar surface area (TPSA) is 73.3 Å².